The molecule has 0 aliphatic rings. The maximum Gasteiger partial charge on any atom is 0.328 e. The van der Waals surface area contributed by atoms with Gasteiger partial charge >= 0.3 is 12.0 Å². The highest BCUT2D eigenvalue weighted by atomic mass is 32.1. The highest BCUT2D eigenvalue weighted by molar-refractivity contribution is 7.11. The number of carbonyl (C=O) groups is 3. The van der Waals surface area contributed by atoms with E-state index in [0.29, 0.717) is 9.88 Å². The molecule has 26 heavy (non-hydrogen) atoms. The van der Waals surface area contributed by atoms with Crippen LogP contribution in [0.2, 0.25) is 0 Å². The summed E-state index contributed by atoms with van der Waals surface area (Å²) in [7, 11) is 0. The van der Waals surface area contributed by atoms with Gasteiger partial charge in [0.25, 0.3) is 0 Å². The van der Waals surface area contributed by atoms with E-state index in [4.69, 9.17) is 21.7 Å². The third kappa shape index (κ3) is 6.55. The zero-order valence-corrected chi connectivity index (χ0v) is 14.9. The molecule has 0 fully saturated rings. The van der Waals surface area contributed by atoms with Crippen LogP contribution in [0.3, 0.4) is 0 Å². The number of rotatable bonds is 10. The SMILES string of the molecule is C[C@@H](O)[C@H](N)c1cnc([C@H](CCC(N)=O)NC(=O)NC(CO)C(=O)O)s1. The van der Waals surface area contributed by atoms with Gasteiger partial charge in [0.15, 0.2) is 6.04 Å². The maximum absolute atomic E-state index is 12.0. The number of nitrogens with zero attached hydrogens (tertiary/aromatic N) is 1. The van der Waals surface area contributed by atoms with Gasteiger partial charge in [-0.1, -0.05) is 0 Å². The van der Waals surface area contributed by atoms with Crippen LogP contribution >= 0.6 is 11.3 Å². The van der Waals surface area contributed by atoms with E-state index < -0.39 is 48.7 Å². The zero-order chi connectivity index (χ0) is 19.9. The summed E-state index contributed by atoms with van der Waals surface area (Å²) in [5, 5.41) is 32.4. The highest BCUT2D eigenvalue weighted by Crippen LogP contribution is 2.28. The molecule has 0 aromatic carbocycles. The first-order chi connectivity index (χ1) is 12.1. The Labute approximate surface area is 153 Å². The molecule has 3 amide bonds. The number of carbonyl (C=O) groups excluding carboxylic acids is 2. The fourth-order valence-corrected chi connectivity index (χ4v) is 3.05. The number of carboxylic acid groups (broad SMARTS) is 1. The van der Waals surface area contributed by atoms with Gasteiger partial charge in [-0.05, 0) is 13.3 Å². The minimum Gasteiger partial charge on any atom is -0.480 e. The van der Waals surface area contributed by atoms with E-state index in [-0.39, 0.29) is 12.8 Å². The normalized spacial score (nSPS) is 15.5. The van der Waals surface area contributed by atoms with E-state index in [0.717, 1.165) is 11.3 Å². The van der Waals surface area contributed by atoms with Crippen LogP contribution in [-0.4, -0.2) is 57.0 Å². The fraction of sp³-hybridized carbons (Fsp3) is 0.571. The van der Waals surface area contributed by atoms with Crippen LogP contribution in [-0.2, 0) is 9.59 Å². The van der Waals surface area contributed by atoms with Gasteiger partial charge in [-0.3, -0.25) is 4.79 Å². The first-order valence-electron chi connectivity index (χ1n) is 7.74. The molecule has 0 radical (unpaired) electrons. The number of nitrogens with one attached hydrogen (secondary N) is 2. The Morgan fingerprint density at radius 1 is 1.35 bits per heavy atom. The third-order valence-electron chi connectivity index (χ3n) is 3.46. The number of aliphatic hydroxyl groups is 2. The molecule has 1 aromatic heterocycles. The number of nitrogens with two attached hydrogens (primary N) is 2. The van der Waals surface area contributed by atoms with Crippen LogP contribution in [0.1, 0.15) is 41.7 Å². The van der Waals surface area contributed by atoms with E-state index in [1.807, 2.05) is 0 Å². The van der Waals surface area contributed by atoms with Crippen molar-refractivity contribution in [3.8, 4) is 0 Å². The predicted octanol–water partition coefficient (Wildman–Crippen LogP) is -1.42. The third-order valence-corrected chi connectivity index (χ3v) is 4.67. The second-order valence-electron chi connectivity index (χ2n) is 5.62. The molecule has 9 N–H and O–H groups in total. The van der Waals surface area contributed by atoms with Crippen LogP contribution in [0, 0.1) is 0 Å². The second kappa shape index (κ2) is 10.0. The number of hydrogen-bond donors (Lipinski definition) is 7. The lowest BCUT2D eigenvalue weighted by molar-refractivity contribution is -0.140. The maximum atomic E-state index is 12.0. The van der Waals surface area contributed by atoms with E-state index in [1.54, 1.807) is 0 Å². The van der Waals surface area contributed by atoms with E-state index >= 15 is 0 Å². The Bertz CT molecular complexity index is 637. The molecule has 0 bridgehead atoms. The second-order valence-corrected chi connectivity index (χ2v) is 6.71. The number of thiazole rings is 1. The van der Waals surface area contributed by atoms with Crippen LogP contribution < -0.4 is 22.1 Å². The van der Waals surface area contributed by atoms with E-state index in [2.05, 4.69) is 15.6 Å². The zero-order valence-electron chi connectivity index (χ0n) is 14.1. The molecule has 0 aliphatic carbocycles. The molecule has 0 saturated carbocycles. The minimum absolute atomic E-state index is 0.0370. The van der Waals surface area contributed by atoms with Gasteiger partial charge in [-0.2, -0.15) is 0 Å². The highest BCUT2D eigenvalue weighted by Gasteiger charge is 2.24. The first-order valence-corrected chi connectivity index (χ1v) is 8.55. The Balaban J connectivity index is 2.89. The molecule has 12 heteroatoms. The van der Waals surface area contributed by atoms with E-state index in [9.17, 15) is 19.5 Å². The number of amides is 3. The van der Waals surface area contributed by atoms with Gasteiger partial charge in [0.05, 0.1) is 24.8 Å². The lowest BCUT2D eigenvalue weighted by atomic mass is 10.1. The summed E-state index contributed by atoms with van der Waals surface area (Å²) in [6.07, 6.45) is 0.757. The number of aromatic nitrogens is 1. The van der Waals surface area contributed by atoms with Crippen LogP contribution in [0.15, 0.2) is 6.20 Å². The molecule has 0 spiro atoms. The van der Waals surface area contributed by atoms with Crippen LogP contribution in [0.25, 0.3) is 0 Å². The summed E-state index contributed by atoms with van der Waals surface area (Å²) in [5.41, 5.74) is 11.0. The first kappa shape index (κ1) is 21.8. The quantitative estimate of drug-likeness (QED) is 0.252. The fourth-order valence-electron chi connectivity index (χ4n) is 1.94. The van der Waals surface area contributed by atoms with Gasteiger partial charge in [-0.25, -0.2) is 14.6 Å². The Kier molecular flexibility index (Phi) is 8.38. The molecule has 4 atom stereocenters. The summed E-state index contributed by atoms with van der Waals surface area (Å²) in [6, 6.07) is -3.70. The number of carboxylic acids is 1. The number of urea groups is 1. The topological polar surface area (TPSA) is 201 Å². The molecule has 1 unspecified atom stereocenters. The number of aliphatic hydroxyl groups excluding tert-OH is 2. The molecule has 1 aromatic rings. The van der Waals surface area contributed by atoms with Crippen LogP contribution in [0.4, 0.5) is 4.79 Å². The summed E-state index contributed by atoms with van der Waals surface area (Å²) >= 11 is 1.15. The van der Waals surface area contributed by atoms with Gasteiger partial charge in [0.1, 0.15) is 5.01 Å². The number of primary amides is 1. The average Bonchev–Trinajstić information content (AvgIpc) is 3.04. The summed E-state index contributed by atoms with van der Waals surface area (Å²) in [4.78, 5) is 38.6. The van der Waals surface area contributed by atoms with Crippen molar-refractivity contribution in [3.63, 3.8) is 0 Å². The van der Waals surface area contributed by atoms with Gasteiger partial charge in [-0.15, -0.1) is 11.3 Å². The van der Waals surface area contributed by atoms with Crippen molar-refractivity contribution < 1.29 is 29.7 Å². The largest absolute Gasteiger partial charge is 0.480 e. The van der Waals surface area contributed by atoms with Gasteiger partial charge in [0, 0.05) is 17.5 Å². The smallest absolute Gasteiger partial charge is 0.328 e. The lowest BCUT2D eigenvalue weighted by Gasteiger charge is -2.18. The molecule has 11 nitrogen and oxygen atoms in total. The molecule has 0 aliphatic heterocycles. The Hall–Kier alpha value is -2.28. The Morgan fingerprint density at radius 3 is 2.50 bits per heavy atom. The molecule has 1 rings (SSSR count). The summed E-state index contributed by atoms with van der Waals surface area (Å²) in [6.45, 7) is 0.751. The standard InChI is InChI=1S/C14H23N5O6S/c1-6(21)11(16)9-4-17-12(26-9)7(2-3-10(15)22)18-14(25)19-8(5-20)13(23)24/h4,6-8,11,20-21H,2-3,5,16H2,1H3,(H2,15,22)(H,23,24)(H2,18,19,25)/t6-,7+,8?,11+/m1/s1. The Morgan fingerprint density at radius 2 is 2.00 bits per heavy atom. The van der Waals surface area contributed by atoms with Crippen molar-refractivity contribution in [1.29, 1.82) is 0 Å². The number of hydrogen-bond acceptors (Lipinski definition) is 8. The van der Waals surface area contributed by atoms with Gasteiger partial charge in [0.2, 0.25) is 5.91 Å². The van der Waals surface area contributed by atoms with Crippen molar-refractivity contribution in [2.24, 2.45) is 11.5 Å². The molecule has 1 heterocycles. The molecular weight excluding hydrogens is 366 g/mol. The predicted molar refractivity (Wildman–Crippen MR) is 92.1 cm³/mol. The van der Waals surface area contributed by atoms with E-state index in [1.165, 1.54) is 13.1 Å². The van der Waals surface area contributed by atoms with Crippen molar-refractivity contribution in [1.82, 2.24) is 15.6 Å². The summed E-state index contributed by atoms with van der Waals surface area (Å²) < 4.78 is 0. The van der Waals surface area contributed by atoms with Gasteiger partial charge < -0.3 is 37.4 Å². The number of aliphatic carboxylic acids is 1. The van der Waals surface area contributed by atoms with Crippen molar-refractivity contribution in [2.45, 2.75) is 44.0 Å². The molecule has 0 saturated heterocycles. The lowest BCUT2D eigenvalue weighted by Crippen LogP contribution is -2.48. The molecule has 146 valence electrons. The summed E-state index contributed by atoms with van der Waals surface area (Å²) in [5.74, 6) is -1.97. The minimum atomic E-state index is -1.47. The molecular formula is C14H23N5O6S. The van der Waals surface area contributed by atoms with Crippen molar-refractivity contribution in [3.05, 3.63) is 16.1 Å². The van der Waals surface area contributed by atoms with Crippen molar-refractivity contribution >= 4 is 29.2 Å². The van der Waals surface area contributed by atoms with Crippen molar-refractivity contribution in [2.75, 3.05) is 6.61 Å². The average molecular weight is 389 g/mol. The monoisotopic (exact) mass is 389 g/mol. The van der Waals surface area contributed by atoms with Crippen LogP contribution in [0.5, 0.6) is 0 Å².